The molecule has 1 rings (SSSR count). The Hall–Kier alpha value is -3.87. The Bertz CT molecular complexity index is 901. The number of aliphatic hydroxyl groups is 3. The number of carboxylic acids is 1. The van der Waals surface area contributed by atoms with Gasteiger partial charge in [-0.25, -0.2) is 0 Å². The summed E-state index contributed by atoms with van der Waals surface area (Å²) < 4.78 is 0. The molecule has 0 aromatic carbocycles. The van der Waals surface area contributed by atoms with Crippen LogP contribution in [0.15, 0.2) is 0 Å². The fourth-order valence-corrected chi connectivity index (χ4v) is 3.30. The van der Waals surface area contributed by atoms with Crippen LogP contribution < -0.4 is 32.3 Å². The fourth-order valence-electron chi connectivity index (χ4n) is 3.30. The number of hydrogen-bond donors (Lipinski definition) is 10. The fraction of sp³-hybridized carbons (Fsp3) is 0.650. The maximum atomic E-state index is 12.9. The van der Waals surface area contributed by atoms with Gasteiger partial charge >= 0.3 is 5.97 Å². The minimum atomic E-state index is -1.57. The van der Waals surface area contributed by atoms with Crippen LogP contribution in [0, 0.1) is 0 Å². The number of hydrogen-bond acceptors (Lipinski definition) is 11. The lowest BCUT2D eigenvalue weighted by Gasteiger charge is -2.28. The van der Waals surface area contributed by atoms with Gasteiger partial charge in [-0.05, 0) is 12.8 Å². The average molecular weight is 548 g/mol. The highest BCUT2D eigenvalue weighted by molar-refractivity contribution is 5.96. The number of aliphatic hydroxyl groups excluding tert-OH is 3. The molecule has 1 aliphatic heterocycles. The zero-order valence-corrected chi connectivity index (χ0v) is 20.3. The maximum Gasteiger partial charge on any atom is 0.322 e. The second kappa shape index (κ2) is 16.1. The summed E-state index contributed by atoms with van der Waals surface area (Å²) in [7, 11) is 0. The van der Waals surface area contributed by atoms with Gasteiger partial charge in [0.15, 0.2) is 0 Å². The van der Waals surface area contributed by atoms with Gasteiger partial charge < -0.3 is 57.6 Å². The van der Waals surface area contributed by atoms with Crippen LogP contribution in [-0.2, 0) is 33.6 Å². The van der Waals surface area contributed by atoms with E-state index in [-0.39, 0.29) is 13.0 Å². The third kappa shape index (κ3) is 10.2. The van der Waals surface area contributed by atoms with Crippen LogP contribution in [0.4, 0.5) is 0 Å². The SMILES string of the molecule is NC(CO)C(=O)NCC(=O)NCC(=O)NC(CO)C(=O)NC(CO)C(=O)N1CCCC1C(=O)NCC(=O)O. The number of nitrogens with one attached hydrogen (secondary N) is 5. The molecular weight excluding hydrogens is 514 g/mol. The average Bonchev–Trinajstić information content (AvgIpc) is 3.39. The minimum Gasteiger partial charge on any atom is -0.480 e. The molecule has 6 amide bonds. The van der Waals surface area contributed by atoms with Gasteiger partial charge in [-0.3, -0.25) is 33.6 Å². The topological polar surface area (TPSA) is 290 Å². The molecule has 4 atom stereocenters. The molecule has 18 nitrogen and oxygen atoms in total. The zero-order chi connectivity index (χ0) is 28.8. The van der Waals surface area contributed by atoms with Crippen LogP contribution in [0.2, 0.25) is 0 Å². The molecule has 1 fully saturated rings. The predicted octanol–water partition coefficient (Wildman–Crippen LogP) is -7.32. The minimum absolute atomic E-state index is 0.114. The molecule has 11 N–H and O–H groups in total. The summed E-state index contributed by atoms with van der Waals surface area (Å²) >= 11 is 0. The number of carbonyl (C=O) groups excluding carboxylic acids is 6. The number of nitrogens with zero attached hydrogens (tertiary/aromatic N) is 1. The van der Waals surface area contributed by atoms with E-state index in [2.05, 4.69) is 26.6 Å². The van der Waals surface area contributed by atoms with Crippen molar-refractivity contribution in [2.45, 2.75) is 37.0 Å². The first-order valence-electron chi connectivity index (χ1n) is 11.5. The second-order valence-corrected chi connectivity index (χ2v) is 8.13. The highest BCUT2D eigenvalue weighted by Gasteiger charge is 2.38. The Kier molecular flexibility index (Phi) is 13.6. The molecule has 0 bridgehead atoms. The summed E-state index contributed by atoms with van der Waals surface area (Å²) in [5, 5.41) is 47.3. The van der Waals surface area contributed by atoms with E-state index in [9.17, 15) is 43.8 Å². The van der Waals surface area contributed by atoms with Gasteiger partial charge in [0, 0.05) is 6.54 Å². The van der Waals surface area contributed by atoms with Crippen molar-refractivity contribution in [3.63, 3.8) is 0 Å². The first-order chi connectivity index (χ1) is 17.9. The van der Waals surface area contributed by atoms with Gasteiger partial charge in [0.05, 0.1) is 32.9 Å². The lowest BCUT2D eigenvalue weighted by atomic mass is 10.1. The van der Waals surface area contributed by atoms with Crippen molar-refractivity contribution in [1.82, 2.24) is 31.5 Å². The highest BCUT2D eigenvalue weighted by atomic mass is 16.4. The summed E-state index contributed by atoms with van der Waals surface area (Å²) in [4.78, 5) is 84.6. The summed E-state index contributed by atoms with van der Waals surface area (Å²) in [6.07, 6.45) is 0.657. The van der Waals surface area contributed by atoms with E-state index in [1.54, 1.807) is 0 Å². The van der Waals surface area contributed by atoms with E-state index < -0.39 is 105 Å². The van der Waals surface area contributed by atoms with Crippen molar-refractivity contribution in [3.8, 4) is 0 Å². The number of rotatable bonds is 15. The Morgan fingerprint density at radius 2 is 1.42 bits per heavy atom. The van der Waals surface area contributed by atoms with Crippen molar-refractivity contribution in [3.05, 3.63) is 0 Å². The van der Waals surface area contributed by atoms with E-state index in [4.69, 9.17) is 15.9 Å². The van der Waals surface area contributed by atoms with Crippen LogP contribution in [-0.4, -0.2) is 137 Å². The molecule has 1 aliphatic rings. The third-order valence-electron chi connectivity index (χ3n) is 5.29. The van der Waals surface area contributed by atoms with Crippen LogP contribution >= 0.6 is 0 Å². The number of carboxylic acid groups (broad SMARTS) is 1. The Balaban J connectivity index is 2.62. The Morgan fingerprint density at radius 3 is 2.00 bits per heavy atom. The van der Waals surface area contributed by atoms with Crippen molar-refractivity contribution >= 4 is 41.4 Å². The quantitative estimate of drug-likeness (QED) is 0.0914. The molecule has 0 radical (unpaired) electrons. The van der Waals surface area contributed by atoms with Crippen molar-refractivity contribution in [2.75, 3.05) is 46.0 Å². The summed E-state index contributed by atoms with van der Waals surface area (Å²) in [5.41, 5.74) is 5.27. The van der Waals surface area contributed by atoms with Gasteiger partial charge in [0.1, 0.15) is 30.7 Å². The predicted molar refractivity (Wildman–Crippen MR) is 124 cm³/mol. The van der Waals surface area contributed by atoms with E-state index >= 15 is 0 Å². The molecule has 0 saturated carbocycles. The molecule has 0 aromatic heterocycles. The molecule has 4 unspecified atom stereocenters. The Morgan fingerprint density at radius 1 is 0.789 bits per heavy atom. The number of likely N-dealkylation sites (tertiary alicyclic amines) is 1. The van der Waals surface area contributed by atoms with Crippen molar-refractivity contribution in [1.29, 1.82) is 0 Å². The lowest BCUT2D eigenvalue weighted by Crippen LogP contribution is -2.59. The first-order valence-corrected chi connectivity index (χ1v) is 11.5. The normalized spacial score (nSPS) is 16.9. The van der Waals surface area contributed by atoms with Gasteiger partial charge in [-0.2, -0.15) is 0 Å². The standard InChI is InChI=1S/C20H33N7O11/c21-10(7-28)17(35)23-4-14(31)22-5-15(32)25-11(8-29)18(36)26-12(9-30)20(38)27-3-1-2-13(27)19(37)24-6-16(33)34/h10-13,28-30H,1-9,21H2,(H,22,31)(H,23,35)(H,24,37)(H,25,32)(H,26,36)(H,33,34). The molecule has 214 valence electrons. The van der Waals surface area contributed by atoms with E-state index in [0.717, 1.165) is 4.90 Å². The molecule has 1 heterocycles. The van der Waals surface area contributed by atoms with Crippen molar-refractivity contribution in [2.24, 2.45) is 5.73 Å². The number of amides is 6. The zero-order valence-electron chi connectivity index (χ0n) is 20.3. The van der Waals surface area contributed by atoms with Crippen LogP contribution in [0.25, 0.3) is 0 Å². The molecule has 18 heteroatoms. The van der Waals surface area contributed by atoms with Gasteiger partial charge in [0.25, 0.3) is 0 Å². The summed E-state index contributed by atoms with van der Waals surface area (Å²) in [5.74, 6) is -6.35. The van der Waals surface area contributed by atoms with Crippen LogP contribution in [0.1, 0.15) is 12.8 Å². The monoisotopic (exact) mass is 547 g/mol. The van der Waals surface area contributed by atoms with Gasteiger partial charge in [-0.1, -0.05) is 0 Å². The maximum absolute atomic E-state index is 12.9. The van der Waals surface area contributed by atoms with Gasteiger partial charge in [-0.15, -0.1) is 0 Å². The third-order valence-corrected chi connectivity index (χ3v) is 5.29. The van der Waals surface area contributed by atoms with Gasteiger partial charge in [0.2, 0.25) is 35.4 Å². The number of carbonyl (C=O) groups is 7. The molecule has 0 spiro atoms. The molecular formula is C20H33N7O11. The smallest absolute Gasteiger partial charge is 0.322 e. The summed E-state index contributed by atoms with van der Waals surface area (Å²) in [6, 6.07) is -5.34. The van der Waals surface area contributed by atoms with E-state index in [0.29, 0.717) is 6.42 Å². The van der Waals surface area contributed by atoms with Crippen LogP contribution in [0.5, 0.6) is 0 Å². The molecule has 0 aromatic rings. The van der Waals surface area contributed by atoms with Crippen LogP contribution in [0.3, 0.4) is 0 Å². The van der Waals surface area contributed by atoms with E-state index in [1.165, 1.54) is 0 Å². The number of nitrogens with two attached hydrogens (primary N) is 1. The molecule has 38 heavy (non-hydrogen) atoms. The van der Waals surface area contributed by atoms with Crippen molar-refractivity contribution < 1.29 is 54.0 Å². The molecule has 0 aliphatic carbocycles. The summed E-state index contributed by atoms with van der Waals surface area (Å²) in [6.45, 7) is -4.15. The largest absolute Gasteiger partial charge is 0.480 e. The van der Waals surface area contributed by atoms with E-state index in [1.807, 2.05) is 0 Å². The number of aliphatic carboxylic acids is 1. The second-order valence-electron chi connectivity index (χ2n) is 8.13. The molecule has 1 saturated heterocycles. The first kappa shape index (κ1) is 32.2. The highest BCUT2D eigenvalue weighted by Crippen LogP contribution is 2.18. The lowest BCUT2D eigenvalue weighted by molar-refractivity contribution is -0.143. The Labute approximate surface area is 216 Å².